The predicted molar refractivity (Wildman–Crippen MR) is 55.2 cm³/mol. The van der Waals surface area contributed by atoms with Crippen LogP contribution in [0.4, 0.5) is 0 Å². The van der Waals surface area contributed by atoms with Crippen molar-refractivity contribution in [1.29, 1.82) is 0 Å². The van der Waals surface area contributed by atoms with Crippen LogP contribution in [-0.4, -0.2) is 28.5 Å². The first-order chi connectivity index (χ1) is 6.02. The molecule has 0 bridgehead atoms. The van der Waals surface area contributed by atoms with Gasteiger partial charge in [0.15, 0.2) is 0 Å². The Balaban J connectivity index is 4.33. The fraction of sp³-hybridized carbons (Fsp3) is 0.750. The Morgan fingerprint density at radius 2 is 2.00 bits per heavy atom. The number of amides is 1. The van der Waals surface area contributed by atoms with E-state index >= 15 is 0 Å². The molecule has 0 aromatic heterocycles. The van der Waals surface area contributed by atoms with Crippen LogP contribution in [0.1, 0.15) is 20.8 Å². The zero-order valence-electron chi connectivity index (χ0n) is 8.37. The topological polar surface area (TPSA) is 61.7 Å². The molecule has 0 saturated carbocycles. The van der Waals surface area contributed by atoms with Gasteiger partial charge in [-0.2, -0.15) is 0 Å². The highest BCUT2D eigenvalue weighted by Crippen LogP contribution is 2.18. The van der Waals surface area contributed by atoms with E-state index in [0.717, 1.165) is 0 Å². The SMILES string of the molecule is CNC(=O)C(C)C(=NO)SC(C)C. The van der Waals surface area contributed by atoms with Gasteiger partial charge in [-0.3, -0.25) is 4.79 Å². The maximum Gasteiger partial charge on any atom is 0.229 e. The molecule has 2 N–H and O–H groups in total. The van der Waals surface area contributed by atoms with Gasteiger partial charge in [0, 0.05) is 12.3 Å². The van der Waals surface area contributed by atoms with Crippen molar-refractivity contribution >= 4 is 22.7 Å². The lowest BCUT2D eigenvalue weighted by Crippen LogP contribution is -2.30. The van der Waals surface area contributed by atoms with Crippen molar-refractivity contribution in [3.63, 3.8) is 0 Å². The van der Waals surface area contributed by atoms with Crippen LogP contribution >= 0.6 is 11.8 Å². The molecule has 13 heavy (non-hydrogen) atoms. The van der Waals surface area contributed by atoms with E-state index in [0.29, 0.717) is 10.3 Å². The second kappa shape index (κ2) is 5.85. The molecule has 0 radical (unpaired) electrons. The van der Waals surface area contributed by atoms with Crippen LogP contribution in [0.15, 0.2) is 5.16 Å². The predicted octanol–water partition coefficient (Wildman–Crippen LogP) is 1.30. The number of oxime groups is 1. The summed E-state index contributed by atoms with van der Waals surface area (Å²) in [6.45, 7) is 5.67. The lowest BCUT2D eigenvalue weighted by Gasteiger charge is -2.12. The Morgan fingerprint density at radius 3 is 2.31 bits per heavy atom. The average Bonchev–Trinajstić information content (AvgIpc) is 2.11. The molecule has 1 amide bonds. The van der Waals surface area contributed by atoms with Gasteiger partial charge in [0.1, 0.15) is 5.04 Å². The van der Waals surface area contributed by atoms with Gasteiger partial charge in [-0.25, -0.2) is 0 Å². The van der Waals surface area contributed by atoms with Gasteiger partial charge in [0.05, 0.1) is 5.92 Å². The van der Waals surface area contributed by atoms with Crippen LogP contribution in [0.25, 0.3) is 0 Å². The highest BCUT2D eigenvalue weighted by molar-refractivity contribution is 8.14. The summed E-state index contributed by atoms with van der Waals surface area (Å²) >= 11 is 1.39. The molecule has 1 unspecified atom stereocenters. The Morgan fingerprint density at radius 1 is 1.46 bits per heavy atom. The molecule has 0 aromatic rings. The lowest BCUT2D eigenvalue weighted by molar-refractivity contribution is -0.122. The quantitative estimate of drug-likeness (QED) is 0.315. The number of thioether (sulfide) groups is 1. The summed E-state index contributed by atoms with van der Waals surface area (Å²) in [5.41, 5.74) is 0. The van der Waals surface area contributed by atoms with Crippen LogP contribution in [-0.2, 0) is 4.79 Å². The van der Waals surface area contributed by atoms with E-state index in [1.807, 2.05) is 13.8 Å². The molecule has 4 nitrogen and oxygen atoms in total. The molecule has 0 heterocycles. The third-order valence-corrected chi connectivity index (χ3v) is 2.61. The van der Waals surface area contributed by atoms with Crippen molar-refractivity contribution in [2.24, 2.45) is 11.1 Å². The van der Waals surface area contributed by atoms with Crippen LogP contribution in [0, 0.1) is 5.92 Å². The number of rotatable bonds is 3. The van der Waals surface area contributed by atoms with E-state index in [2.05, 4.69) is 10.5 Å². The van der Waals surface area contributed by atoms with Crippen molar-refractivity contribution in [3.8, 4) is 0 Å². The summed E-state index contributed by atoms with van der Waals surface area (Å²) in [7, 11) is 1.56. The first-order valence-corrected chi connectivity index (χ1v) is 5.01. The van der Waals surface area contributed by atoms with Crippen molar-refractivity contribution < 1.29 is 10.0 Å². The van der Waals surface area contributed by atoms with Crippen molar-refractivity contribution in [2.45, 2.75) is 26.0 Å². The summed E-state index contributed by atoms with van der Waals surface area (Å²) in [5, 5.41) is 15.1. The third-order valence-electron chi connectivity index (χ3n) is 1.47. The van der Waals surface area contributed by atoms with Crippen molar-refractivity contribution in [2.75, 3.05) is 7.05 Å². The number of carbonyl (C=O) groups excluding carboxylic acids is 1. The standard InChI is InChI=1S/C8H16N2O2S/c1-5(2)13-8(10-12)6(3)7(11)9-4/h5-6,12H,1-4H3,(H,9,11). The van der Waals surface area contributed by atoms with Gasteiger partial charge < -0.3 is 10.5 Å². The Bertz CT molecular complexity index is 204. The Kier molecular flexibility index (Phi) is 5.53. The molecule has 0 aliphatic heterocycles. The molecule has 0 saturated heterocycles. The zero-order valence-corrected chi connectivity index (χ0v) is 9.18. The molecular formula is C8H16N2O2S. The molecule has 1 atom stereocenters. The van der Waals surface area contributed by atoms with Gasteiger partial charge in [-0.1, -0.05) is 19.0 Å². The number of nitrogens with zero attached hydrogens (tertiary/aromatic N) is 1. The van der Waals surface area contributed by atoms with Crippen LogP contribution in [0.2, 0.25) is 0 Å². The number of carbonyl (C=O) groups is 1. The maximum atomic E-state index is 11.2. The van der Waals surface area contributed by atoms with Gasteiger partial charge in [-0.05, 0) is 6.92 Å². The van der Waals surface area contributed by atoms with Crippen LogP contribution < -0.4 is 5.32 Å². The van der Waals surface area contributed by atoms with E-state index in [-0.39, 0.29) is 11.8 Å². The first-order valence-electron chi connectivity index (χ1n) is 4.13. The van der Waals surface area contributed by atoms with Gasteiger partial charge in [0.25, 0.3) is 0 Å². The number of hydrogen-bond acceptors (Lipinski definition) is 4. The fourth-order valence-electron chi connectivity index (χ4n) is 0.782. The number of nitrogens with one attached hydrogen (secondary N) is 1. The summed E-state index contributed by atoms with van der Waals surface area (Å²) in [5.74, 6) is -0.525. The molecule has 76 valence electrons. The van der Waals surface area contributed by atoms with E-state index in [4.69, 9.17) is 5.21 Å². The molecular weight excluding hydrogens is 188 g/mol. The summed E-state index contributed by atoms with van der Waals surface area (Å²) in [6.07, 6.45) is 0. The van der Waals surface area contributed by atoms with E-state index in [1.54, 1.807) is 14.0 Å². The molecule has 5 heteroatoms. The molecule has 0 fully saturated rings. The minimum absolute atomic E-state index is 0.138. The average molecular weight is 204 g/mol. The summed E-state index contributed by atoms with van der Waals surface area (Å²) < 4.78 is 0. The molecule has 0 rings (SSSR count). The summed E-state index contributed by atoms with van der Waals surface area (Å²) in [4.78, 5) is 11.2. The van der Waals surface area contributed by atoms with Crippen LogP contribution in [0.3, 0.4) is 0 Å². The normalized spacial score (nSPS) is 14.4. The highest BCUT2D eigenvalue weighted by atomic mass is 32.2. The largest absolute Gasteiger partial charge is 0.410 e. The monoisotopic (exact) mass is 204 g/mol. The first kappa shape index (κ1) is 12.3. The van der Waals surface area contributed by atoms with Gasteiger partial charge in [-0.15, -0.1) is 11.8 Å². The van der Waals surface area contributed by atoms with Crippen molar-refractivity contribution in [1.82, 2.24) is 5.32 Å². The minimum Gasteiger partial charge on any atom is -0.410 e. The van der Waals surface area contributed by atoms with Crippen LogP contribution in [0.5, 0.6) is 0 Å². The van der Waals surface area contributed by atoms with E-state index in [9.17, 15) is 4.79 Å². The molecule has 0 aliphatic carbocycles. The summed E-state index contributed by atoms with van der Waals surface area (Å²) in [6, 6.07) is 0. The minimum atomic E-state index is -0.387. The van der Waals surface area contributed by atoms with E-state index in [1.165, 1.54) is 11.8 Å². The number of hydrogen-bond donors (Lipinski definition) is 2. The smallest absolute Gasteiger partial charge is 0.229 e. The van der Waals surface area contributed by atoms with E-state index < -0.39 is 0 Å². The zero-order chi connectivity index (χ0) is 10.4. The second-order valence-corrected chi connectivity index (χ2v) is 4.54. The Labute approximate surface area is 82.8 Å². The Hall–Kier alpha value is -0.710. The van der Waals surface area contributed by atoms with Crippen molar-refractivity contribution in [3.05, 3.63) is 0 Å². The highest BCUT2D eigenvalue weighted by Gasteiger charge is 2.20. The lowest BCUT2D eigenvalue weighted by atomic mass is 10.2. The molecule has 0 aliphatic rings. The maximum absolute atomic E-state index is 11.2. The second-order valence-electron chi connectivity index (χ2n) is 2.94. The molecule has 0 spiro atoms. The van der Waals surface area contributed by atoms with Gasteiger partial charge >= 0.3 is 0 Å². The van der Waals surface area contributed by atoms with Gasteiger partial charge in [0.2, 0.25) is 5.91 Å². The molecule has 0 aromatic carbocycles. The third kappa shape index (κ3) is 4.17. The fourth-order valence-corrected chi connectivity index (χ4v) is 1.62.